The third kappa shape index (κ3) is 2.15. The number of nitrogens with zero attached hydrogens (tertiary/aromatic N) is 1. The van der Waals surface area contributed by atoms with E-state index in [4.69, 9.17) is 14.7 Å². The van der Waals surface area contributed by atoms with E-state index in [1.54, 1.807) is 0 Å². The molecule has 0 bridgehead atoms. The number of hydrogen-bond donors (Lipinski definition) is 2. The van der Waals surface area contributed by atoms with Gasteiger partial charge in [0.05, 0.1) is 12.1 Å². The zero-order valence-corrected chi connectivity index (χ0v) is 10.9. The van der Waals surface area contributed by atoms with Gasteiger partial charge >= 0.3 is 5.97 Å². The molecule has 1 aromatic carbocycles. The van der Waals surface area contributed by atoms with Crippen LogP contribution in [-0.4, -0.2) is 22.0 Å². The normalized spacial score (nSPS) is 14.7. The Kier molecular flexibility index (Phi) is 3.18. The fourth-order valence-corrected chi connectivity index (χ4v) is 2.76. The minimum absolute atomic E-state index is 0.0634. The van der Waals surface area contributed by atoms with Crippen LogP contribution in [0.2, 0.25) is 0 Å². The third-order valence-electron chi connectivity index (χ3n) is 3.74. The number of carboxylic acids is 1. The molecule has 0 aliphatic heterocycles. The molecule has 5 heteroatoms. The van der Waals surface area contributed by atoms with Crippen molar-refractivity contribution in [3.8, 4) is 0 Å². The van der Waals surface area contributed by atoms with Crippen LogP contribution in [0.4, 0.5) is 0 Å². The summed E-state index contributed by atoms with van der Waals surface area (Å²) in [6, 6.07) is 5.64. The molecule has 5 nitrogen and oxygen atoms in total. The Morgan fingerprint density at radius 3 is 2.90 bits per heavy atom. The van der Waals surface area contributed by atoms with Gasteiger partial charge in [-0.2, -0.15) is 0 Å². The van der Waals surface area contributed by atoms with Crippen molar-refractivity contribution in [3.05, 3.63) is 35.1 Å². The number of benzene rings is 1. The average Bonchev–Trinajstić information content (AvgIpc) is 2.99. The second-order valence-electron chi connectivity index (χ2n) is 5.01. The van der Waals surface area contributed by atoms with E-state index in [-0.39, 0.29) is 12.8 Å². The number of furan rings is 1. The van der Waals surface area contributed by atoms with Crippen molar-refractivity contribution in [1.29, 1.82) is 0 Å². The number of fused-ring (bicyclic) bond motifs is 3. The number of hydrogen-bond acceptors (Lipinski definition) is 4. The van der Waals surface area contributed by atoms with Crippen LogP contribution < -0.4 is 0 Å². The van der Waals surface area contributed by atoms with Crippen molar-refractivity contribution in [2.24, 2.45) is 5.16 Å². The van der Waals surface area contributed by atoms with Crippen molar-refractivity contribution in [2.75, 3.05) is 0 Å². The van der Waals surface area contributed by atoms with E-state index < -0.39 is 5.97 Å². The number of oxime groups is 1. The van der Waals surface area contributed by atoms with Crippen LogP contribution in [0.25, 0.3) is 11.0 Å². The molecule has 0 radical (unpaired) electrons. The lowest BCUT2D eigenvalue weighted by Crippen LogP contribution is -2.05. The molecule has 3 rings (SSSR count). The number of rotatable bonds is 4. The second kappa shape index (κ2) is 5.00. The Morgan fingerprint density at radius 1 is 1.30 bits per heavy atom. The topological polar surface area (TPSA) is 83.0 Å². The summed E-state index contributed by atoms with van der Waals surface area (Å²) in [7, 11) is 0. The molecule has 0 saturated carbocycles. The van der Waals surface area contributed by atoms with Crippen molar-refractivity contribution >= 4 is 22.7 Å². The molecule has 1 aromatic heterocycles. The summed E-state index contributed by atoms with van der Waals surface area (Å²) >= 11 is 0. The quantitative estimate of drug-likeness (QED) is 0.509. The zero-order chi connectivity index (χ0) is 14.1. The number of carboxylic acid groups (broad SMARTS) is 1. The van der Waals surface area contributed by atoms with E-state index in [0.29, 0.717) is 11.3 Å². The summed E-state index contributed by atoms with van der Waals surface area (Å²) < 4.78 is 5.82. The Hall–Kier alpha value is -2.30. The highest BCUT2D eigenvalue weighted by Gasteiger charge is 2.20. The van der Waals surface area contributed by atoms with E-state index in [1.165, 1.54) is 5.56 Å². The second-order valence-corrected chi connectivity index (χ2v) is 5.01. The predicted octanol–water partition coefficient (Wildman–Crippen LogP) is 2.96. The van der Waals surface area contributed by atoms with Crippen LogP contribution in [0.3, 0.4) is 0 Å². The molecule has 0 unspecified atom stereocenters. The van der Waals surface area contributed by atoms with Gasteiger partial charge in [-0.25, -0.2) is 0 Å². The summed E-state index contributed by atoms with van der Waals surface area (Å²) in [5.41, 5.74) is 3.13. The average molecular weight is 273 g/mol. The number of aryl methyl sites for hydroxylation is 2. The van der Waals surface area contributed by atoms with Crippen LogP contribution >= 0.6 is 0 Å². The zero-order valence-electron chi connectivity index (χ0n) is 10.9. The standard InChI is InChI=1S/C15H15NO4/c17-15(18)7-6-12(16-19)9-4-5-11-10-2-1-3-13(10)20-14(11)8-9/h4-5,8,19H,1-3,6-7H2,(H,17,18)/b16-12+. The molecule has 1 aliphatic rings. The maximum absolute atomic E-state index is 10.6. The molecule has 20 heavy (non-hydrogen) atoms. The first-order chi connectivity index (χ1) is 9.69. The Bertz CT molecular complexity index is 699. The minimum Gasteiger partial charge on any atom is -0.481 e. The maximum atomic E-state index is 10.6. The molecule has 0 saturated heterocycles. The van der Waals surface area contributed by atoms with Gasteiger partial charge in [-0.1, -0.05) is 17.3 Å². The summed E-state index contributed by atoms with van der Waals surface area (Å²) in [5, 5.41) is 22.1. The van der Waals surface area contributed by atoms with E-state index in [2.05, 4.69) is 5.16 Å². The molecule has 0 spiro atoms. The predicted molar refractivity (Wildman–Crippen MR) is 73.4 cm³/mol. The molecule has 0 amide bonds. The van der Waals surface area contributed by atoms with Gasteiger partial charge in [0, 0.05) is 29.4 Å². The van der Waals surface area contributed by atoms with Gasteiger partial charge in [-0.05, 0) is 18.9 Å². The van der Waals surface area contributed by atoms with Crippen molar-refractivity contribution in [1.82, 2.24) is 0 Å². The van der Waals surface area contributed by atoms with Crippen molar-refractivity contribution in [3.63, 3.8) is 0 Å². The lowest BCUT2D eigenvalue weighted by Gasteiger charge is -2.03. The minimum atomic E-state index is -0.913. The molecule has 0 fully saturated rings. The fraction of sp³-hybridized carbons (Fsp3) is 0.333. The molecule has 2 aromatic rings. The highest BCUT2D eigenvalue weighted by Crippen LogP contribution is 2.33. The van der Waals surface area contributed by atoms with E-state index >= 15 is 0 Å². The van der Waals surface area contributed by atoms with Crippen LogP contribution in [0.5, 0.6) is 0 Å². The van der Waals surface area contributed by atoms with Crippen LogP contribution in [0, 0.1) is 0 Å². The molecular formula is C15H15NO4. The Labute approximate surface area is 115 Å². The summed E-state index contributed by atoms with van der Waals surface area (Å²) in [4.78, 5) is 10.6. The number of carbonyl (C=O) groups is 1. The van der Waals surface area contributed by atoms with Crippen LogP contribution in [-0.2, 0) is 17.6 Å². The van der Waals surface area contributed by atoms with E-state index in [0.717, 1.165) is 36.0 Å². The molecule has 0 atom stereocenters. The molecule has 104 valence electrons. The van der Waals surface area contributed by atoms with Gasteiger partial charge in [0.25, 0.3) is 0 Å². The number of aliphatic carboxylic acids is 1. The lowest BCUT2D eigenvalue weighted by atomic mass is 10.0. The van der Waals surface area contributed by atoms with Gasteiger partial charge in [0.1, 0.15) is 11.3 Å². The van der Waals surface area contributed by atoms with Crippen molar-refractivity contribution in [2.45, 2.75) is 32.1 Å². The largest absolute Gasteiger partial charge is 0.481 e. The monoisotopic (exact) mass is 273 g/mol. The van der Waals surface area contributed by atoms with Gasteiger partial charge in [0.2, 0.25) is 0 Å². The van der Waals surface area contributed by atoms with Crippen LogP contribution in [0.1, 0.15) is 36.1 Å². The Balaban J connectivity index is 1.94. The lowest BCUT2D eigenvalue weighted by molar-refractivity contribution is -0.136. The van der Waals surface area contributed by atoms with Crippen LogP contribution in [0.15, 0.2) is 27.8 Å². The maximum Gasteiger partial charge on any atom is 0.303 e. The third-order valence-corrected chi connectivity index (χ3v) is 3.74. The SMILES string of the molecule is O=C(O)CC/C(=N\O)c1ccc2c3c(oc2c1)CCC3. The van der Waals surface area contributed by atoms with Gasteiger partial charge in [0.15, 0.2) is 0 Å². The van der Waals surface area contributed by atoms with Gasteiger partial charge in [-0.3, -0.25) is 4.79 Å². The Morgan fingerprint density at radius 2 is 2.15 bits per heavy atom. The van der Waals surface area contributed by atoms with Crippen molar-refractivity contribution < 1.29 is 19.5 Å². The first kappa shape index (κ1) is 12.7. The summed E-state index contributed by atoms with van der Waals surface area (Å²) in [6.45, 7) is 0. The summed E-state index contributed by atoms with van der Waals surface area (Å²) in [5.74, 6) is 0.134. The molecule has 2 N–H and O–H groups in total. The van der Waals surface area contributed by atoms with Gasteiger partial charge < -0.3 is 14.7 Å². The highest BCUT2D eigenvalue weighted by atomic mass is 16.4. The smallest absolute Gasteiger partial charge is 0.303 e. The molecule has 1 heterocycles. The summed E-state index contributed by atoms with van der Waals surface area (Å²) in [6.07, 6.45) is 3.28. The highest BCUT2D eigenvalue weighted by molar-refractivity contribution is 6.03. The molecular weight excluding hydrogens is 258 g/mol. The fourth-order valence-electron chi connectivity index (χ4n) is 2.76. The molecule has 1 aliphatic carbocycles. The van der Waals surface area contributed by atoms with E-state index in [9.17, 15) is 4.79 Å². The van der Waals surface area contributed by atoms with Gasteiger partial charge in [-0.15, -0.1) is 0 Å². The first-order valence-corrected chi connectivity index (χ1v) is 6.66. The van der Waals surface area contributed by atoms with E-state index in [1.807, 2.05) is 18.2 Å². The first-order valence-electron chi connectivity index (χ1n) is 6.66.